The van der Waals surface area contributed by atoms with Gasteiger partial charge >= 0.3 is 0 Å². The molecule has 0 atom stereocenters. The average molecular weight is 300 g/mol. The number of carbonyl (C=O) groups excluding carboxylic acids is 1. The molecule has 1 aromatic carbocycles. The van der Waals surface area contributed by atoms with E-state index in [1.165, 1.54) is 5.56 Å². The monoisotopic (exact) mass is 300 g/mol. The third-order valence-corrected chi connectivity index (χ3v) is 4.02. The largest absolute Gasteiger partial charge is 0.361 e. The first-order valence-corrected chi connectivity index (χ1v) is 7.85. The summed E-state index contributed by atoms with van der Waals surface area (Å²) in [6.07, 6.45) is 2.10. The minimum Gasteiger partial charge on any atom is -0.361 e. The molecule has 1 amide bonds. The molecule has 2 aromatic rings. The molecule has 1 aromatic heterocycles. The van der Waals surface area contributed by atoms with E-state index in [-0.39, 0.29) is 5.91 Å². The van der Waals surface area contributed by atoms with Crippen molar-refractivity contribution in [1.29, 1.82) is 0 Å². The van der Waals surface area contributed by atoms with Gasteiger partial charge < -0.3 is 9.42 Å². The second kappa shape index (κ2) is 7.78. The van der Waals surface area contributed by atoms with Gasteiger partial charge in [-0.1, -0.05) is 35.5 Å². The Bertz CT molecular complexity index is 585. The van der Waals surface area contributed by atoms with Gasteiger partial charge in [0.25, 0.3) is 0 Å². The first-order valence-electron chi connectivity index (χ1n) is 7.85. The number of likely N-dealkylation sites (N-methyl/N-ethyl adjacent to an activating group) is 1. The quantitative estimate of drug-likeness (QED) is 0.788. The normalized spacial score (nSPS) is 10.7. The highest BCUT2D eigenvalue weighted by Crippen LogP contribution is 2.15. The van der Waals surface area contributed by atoms with Crippen LogP contribution in [0.5, 0.6) is 0 Å². The van der Waals surface area contributed by atoms with Crippen LogP contribution in [0.15, 0.2) is 34.9 Å². The van der Waals surface area contributed by atoms with Crippen molar-refractivity contribution >= 4 is 5.91 Å². The molecule has 0 radical (unpaired) electrons. The highest BCUT2D eigenvalue weighted by molar-refractivity contribution is 5.76. The van der Waals surface area contributed by atoms with Crippen LogP contribution in [0.3, 0.4) is 0 Å². The highest BCUT2D eigenvalue weighted by Gasteiger charge is 2.15. The minimum absolute atomic E-state index is 0.193. The zero-order chi connectivity index (χ0) is 15.9. The molecular formula is C18H24N2O2. The van der Waals surface area contributed by atoms with Gasteiger partial charge in [-0.2, -0.15) is 0 Å². The van der Waals surface area contributed by atoms with E-state index < -0.39 is 0 Å². The van der Waals surface area contributed by atoms with Crippen molar-refractivity contribution in [3.05, 3.63) is 52.9 Å². The molecule has 0 aliphatic carbocycles. The van der Waals surface area contributed by atoms with Crippen molar-refractivity contribution in [1.82, 2.24) is 10.1 Å². The van der Waals surface area contributed by atoms with E-state index in [9.17, 15) is 4.79 Å². The molecule has 118 valence electrons. The number of rotatable bonds is 7. The summed E-state index contributed by atoms with van der Waals surface area (Å²) in [5.74, 6) is 1.01. The topological polar surface area (TPSA) is 46.3 Å². The van der Waals surface area contributed by atoms with Gasteiger partial charge in [0, 0.05) is 25.1 Å². The van der Waals surface area contributed by atoms with Crippen LogP contribution in [-0.2, 0) is 17.6 Å². The molecule has 1 heterocycles. The van der Waals surface area contributed by atoms with E-state index in [1.807, 2.05) is 43.9 Å². The molecule has 22 heavy (non-hydrogen) atoms. The van der Waals surface area contributed by atoms with Crippen LogP contribution in [0.25, 0.3) is 0 Å². The number of aryl methyl sites for hydroxylation is 2. The molecule has 2 rings (SSSR count). The van der Waals surface area contributed by atoms with Gasteiger partial charge in [-0.3, -0.25) is 4.79 Å². The zero-order valence-corrected chi connectivity index (χ0v) is 13.6. The van der Waals surface area contributed by atoms with E-state index in [0.717, 1.165) is 36.5 Å². The fraction of sp³-hybridized carbons (Fsp3) is 0.444. The van der Waals surface area contributed by atoms with Crippen LogP contribution in [-0.4, -0.2) is 29.1 Å². The Kier molecular flexibility index (Phi) is 5.75. The van der Waals surface area contributed by atoms with Crippen molar-refractivity contribution < 1.29 is 9.32 Å². The molecule has 0 unspecified atom stereocenters. The first kappa shape index (κ1) is 16.3. The van der Waals surface area contributed by atoms with Crippen LogP contribution in [0.4, 0.5) is 0 Å². The Labute approximate surface area is 132 Å². The standard InChI is InChI=1S/C18H24N2O2/c1-4-20(13-12-16-8-6-5-7-9-16)18(21)11-10-17-14(2)19-22-15(17)3/h5-9H,4,10-13H2,1-3H3. The predicted octanol–water partition coefficient (Wildman–Crippen LogP) is 3.32. The van der Waals surface area contributed by atoms with Gasteiger partial charge in [0.15, 0.2) is 0 Å². The molecule has 0 spiro atoms. The van der Waals surface area contributed by atoms with Gasteiger partial charge in [0.2, 0.25) is 5.91 Å². The van der Waals surface area contributed by atoms with Crippen molar-refractivity contribution in [3.8, 4) is 0 Å². The molecule has 0 bridgehead atoms. The molecule has 0 N–H and O–H groups in total. The number of hydrogen-bond donors (Lipinski definition) is 0. The van der Waals surface area contributed by atoms with Gasteiger partial charge in [-0.25, -0.2) is 0 Å². The summed E-state index contributed by atoms with van der Waals surface area (Å²) in [4.78, 5) is 14.3. The maximum atomic E-state index is 12.4. The molecule has 4 heteroatoms. The Morgan fingerprint density at radius 3 is 2.50 bits per heavy atom. The maximum Gasteiger partial charge on any atom is 0.222 e. The number of hydrogen-bond acceptors (Lipinski definition) is 3. The molecule has 0 aliphatic heterocycles. The predicted molar refractivity (Wildman–Crippen MR) is 86.7 cm³/mol. The number of aromatic nitrogens is 1. The van der Waals surface area contributed by atoms with Gasteiger partial charge in [0.1, 0.15) is 5.76 Å². The number of benzene rings is 1. The van der Waals surface area contributed by atoms with Crippen LogP contribution in [0.2, 0.25) is 0 Å². The second-order valence-corrected chi connectivity index (χ2v) is 5.51. The fourth-order valence-electron chi connectivity index (χ4n) is 2.62. The zero-order valence-electron chi connectivity index (χ0n) is 13.6. The van der Waals surface area contributed by atoms with Crippen molar-refractivity contribution in [2.24, 2.45) is 0 Å². The Balaban J connectivity index is 1.86. The summed E-state index contributed by atoms with van der Waals surface area (Å²) in [7, 11) is 0. The lowest BCUT2D eigenvalue weighted by atomic mass is 10.1. The summed E-state index contributed by atoms with van der Waals surface area (Å²) in [5, 5.41) is 3.94. The van der Waals surface area contributed by atoms with E-state index >= 15 is 0 Å². The molecule has 0 saturated heterocycles. The third-order valence-electron chi connectivity index (χ3n) is 4.02. The lowest BCUT2D eigenvalue weighted by Gasteiger charge is -2.21. The lowest BCUT2D eigenvalue weighted by Crippen LogP contribution is -2.32. The number of amides is 1. The molecule has 0 fully saturated rings. The molecular weight excluding hydrogens is 276 g/mol. The Morgan fingerprint density at radius 1 is 1.18 bits per heavy atom. The Hall–Kier alpha value is -2.10. The summed E-state index contributed by atoms with van der Waals surface area (Å²) in [5.41, 5.74) is 3.21. The summed E-state index contributed by atoms with van der Waals surface area (Å²) >= 11 is 0. The number of nitrogens with zero attached hydrogens (tertiary/aromatic N) is 2. The summed E-state index contributed by atoms with van der Waals surface area (Å²) in [6.45, 7) is 7.35. The van der Waals surface area contributed by atoms with Crippen LogP contribution in [0.1, 0.15) is 35.9 Å². The van der Waals surface area contributed by atoms with Gasteiger partial charge in [0.05, 0.1) is 5.69 Å². The molecule has 0 aliphatic rings. The lowest BCUT2D eigenvalue weighted by molar-refractivity contribution is -0.130. The highest BCUT2D eigenvalue weighted by atomic mass is 16.5. The number of carbonyl (C=O) groups is 1. The molecule has 4 nitrogen and oxygen atoms in total. The maximum absolute atomic E-state index is 12.4. The van der Waals surface area contributed by atoms with Crippen molar-refractivity contribution in [2.75, 3.05) is 13.1 Å². The minimum atomic E-state index is 0.193. The second-order valence-electron chi connectivity index (χ2n) is 5.51. The van der Waals surface area contributed by atoms with Crippen molar-refractivity contribution in [2.45, 2.75) is 40.0 Å². The smallest absolute Gasteiger partial charge is 0.222 e. The average Bonchev–Trinajstić information content (AvgIpc) is 2.85. The summed E-state index contributed by atoms with van der Waals surface area (Å²) in [6, 6.07) is 10.3. The van der Waals surface area contributed by atoms with Gasteiger partial charge in [-0.15, -0.1) is 0 Å². The third kappa shape index (κ3) is 4.20. The Morgan fingerprint density at radius 2 is 1.91 bits per heavy atom. The van der Waals surface area contributed by atoms with Crippen LogP contribution >= 0.6 is 0 Å². The van der Waals surface area contributed by atoms with Crippen molar-refractivity contribution in [3.63, 3.8) is 0 Å². The SMILES string of the molecule is CCN(CCc1ccccc1)C(=O)CCc1c(C)noc1C. The van der Waals surface area contributed by atoms with Gasteiger partial charge in [-0.05, 0) is 39.2 Å². The fourth-order valence-corrected chi connectivity index (χ4v) is 2.62. The van der Waals surface area contributed by atoms with E-state index in [2.05, 4.69) is 17.3 Å². The first-order chi connectivity index (χ1) is 10.6. The van der Waals surface area contributed by atoms with Crippen LogP contribution < -0.4 is 0 Å². The summed E-state index contributed by atoms with van der Waals surface area (Å²) < 4.78 is 5.14. The molecule has 0 saturated carbocycles. The van der Waals surface area contributed by atoms with E-state index in [0.29, 0.717) is 12.8 Å². The van der Waals surface area contributed by atoms with E-state index in [1.54, 1.807) is 0 Å². The van der Waals surface area contributed by atoms with Crippen LogP contribution in [0, 0.1) is 13.8 Å². The van der Waals surface area contributed by atoms with E-state index in [4.69, 9.17) is 4.52 Å².